The molecule has 0 aromatic rings. The average molecular weight is 104 g/mol. The Hall–Kier alpha value is 0.130. The van der Waals surface area contributed by atoms with Crippen LogP contribution in [0, 0.1) is 0 Å². The summed E-state index contributed by atoms with van der Waals surface area (Å²) in [6.45, 7) is 0.809. The second kappa shape index (κ2) is 5.13. The normalized spacial score (nSPS) is 8.17. The summed E-state index contributed by atoms with van der Waals surface area (Å²) in [7, 11) is 4.88. The van der Waals surface area contributed by atoms with Crippen molar-refractivity contribution in [1.82, 2.24) is 0 Å². The van der Waals surface area contributed by atoms with Crippen LogP contribution < -0.4 is 0 Å². The maximum Gasteiger partial charge on any atom is 0.0500 e. The first kappa shape index (κ1) is 6.13. The fourth-order valence-electron chi connectivity index (χ4n) is 0.177. The highest BCUT2D eigenvalue weighted by molar-refractivity contribution is 7.18. The number of methoxy groups -OCH3 is 1. The number of hydrogen-bond acceptors (Lipinski definition) is 1. The van der Waals surface area contributed by atoms with Crippen LogP contribution in [0.2, 0.25) is 0 Å². The predicted molar refractivity (Wildman–Crippen MR) is 30.9 cm³/mol. The molecule has 0 aliphatic heterocycles. The molecule has 0 bridgehead atoms. The van der Waals surface area contributed by atoms with Crippen LogP contribution in [-0.4, -0.2) is 19.5 Å². The second-order valence-corrected chi connectivity index (χ2v) is 1.39. The summed E-state index contributed by atoms with van der Waals surface area (Å²) in [5, 5.41) is 0. The molecule has 0 heterocycles. The van der Waals surface area contributed by atoms with Crippen molar-refractivity contribution < 1.29 is 4.74 Å². The van der Waals surface area contributed by atoms with Crippen LogP contribution in [0.5, 0.6) is 0 Å². The minimum absolute atomic E-state index is 0.809. The molecule has 0 N–H and O–H groups in total. The summed E-state index contributed by atoms with van der Waals surface area (Å²) in [4.78, 5) is 0. The van der Waals surface area contributed by atoms with Gasteiger partial charge in [-0.3, -0.25) is 0 Å². The van der Waals surface area contributed by atoms with Crippen LogP contribution in [0.3, 0.4) is 0 Å². The molecule has 0 amide bonds. The molecule has 2 heteroatoms. The minimum Gasteiger partial charge on any atom is -0.384 e. The van der Waals surface area contributed by atoms with Gasteiger partial charge >= 0.3 is 0 Å². The van der Waals surface area contributed by atoms with Gasteiger partial charge in [0.15, 0.2) is 0 Å². The van der Waals surface area contributed by atoms with E-state index in [4.69, 9.17) is 4.74 Å². The molecule has 6 heavy (non-hydrogen) atoms. The zero-order chi connectivity index (χ0) is 4.83. The van der Waals surface area contributed by atoms with E-state index in [9.17, 15) is 0 Å². The zero-order valence-electron chi connectivity index (χ0n) is 3.90. The molecule has 0 aliphatic carbocycles. The molecule has 0 aromatic carbocycles. The standard InChI is InChI=1S/C4H9OP/c1-5-3-2-4-6/h4,6H,2-3H2,1H3. The lowest BCUT2D eigenvalue weighted by molar-refractivity contribution is 0.208. The van der Waals surface area contributed by atoms with E-state index in [1.165, 1.54) is 0 Å². The average Bonchev–Trinajstić information content (AvgIpc) is 1.61. The molecule has 0 spiro atoms. The van der Waals surface area contributed by atoms with Crippen molar-refractivity contribution in [2.75, 3.05) is 13.7 Å². The highest BCUT2D eigenvalue weighted by Gasteiger charge is 1.70. The van der Waals surface area contributed by atoms with Crippen molar-refractivity contribution in [2.45, 2.75) is 6.42 Å². The summed E-state index contributed by atoms with van der Waals surface area (Å²) in [6, 6.07) is 0. The second-order valence-electron chi connectivity index (χ2n) is 0.986. The minimum atomic E-state index is 0.809. The third kappa shape index (κ3) is 4.13. The van der Waals surface area contributed by atoms with E-state index in [-0.39, 0.29) is 0 Å². The van der Waals surface area contributed by atoms with Crippen molar-refractivity contribution in [3.05, 3.63) is 0 Å². The zero-order valence-corrected chi connectivity index (χ0v) is 4.90. The molecule has 36 valence electrons. The summed E-state index contributed by atoms with van der Waals surface area (Å²) >= 11 is 0. The Morgan fingerprint density at radius 3 is 2.67 bits per heavy atom. The third-order valence-corrected chi connectivity index (χ3v) is 0.755. The van der Waals surface area contributed by atoms with Crippen molar-refractivity contribution in [2.24, 2.45) is 0 Å². The summed E-state index contributed by atoms with van der Waals surface area (Å²) < 4.78 is 4.72. The number of hydrogen-bond donors (Lipinski definition) is 0. The lowest BCUT2D eigenvalue weighted by Gasteiger charge is -1.85. The molecule has 0 aliphatic rings. The van der Waals surface area contributed by atoms with Crippen molar-refractivity contribution in [1.29, 1.82) is 0 Å². The Morgan fingerprint density at radius 1 is 1.83 bits per heavy atom. The third-order valence-electron chi connectivity index (χ3n) is 0.466. The molecular weight excluding hydrogens is 95.0 g/mol. The molecule has 0 aromatic heterocycles. The fraction of sp³-hybridized carbons (Fsp3) is 0.750. The van der Waals surface area contributed by atoms with E-state index in [1.807, 2.05) is 5.80 Å². The van der Waals surface area contributed by atoms with Crippen LogP contribution >= 0.6 is 8.86 Å². The van der Waals surface area contributed by atoms with Gasteiger partial charge in [-0.2, -0.15) is 0 Å². The molecule has 0 saturated heterocycles. The van der Waals surface area contributed by atoms with Gasteiger partial charge in [-0.05, 0) is 6.42 Å². The maximum atomic E-state index is 4.72. The quantitative estimate of drug-likeness (QED) is 0.383. The highest BCUT2D eigenvalue weighted by atomic mass is 31.0. The molecule has 0 atom stereocenters. The Labute approximate surface area is 40.5 Å². The molecule has 1 nitrogen and oxygen atoms in total. The Morgan fingerprint density at radius 2 is 2.50 bits per heavy atom. The molecular formula is C4H9OP. The van der Waals surface area contributed by atoms with Crippen LogP contribution in [0.25, 0.3) is 0 Å². The topological polar surface area (TPSA) is 9.23 Å². The molecule has 0 unspecified atom stereocenters. The predicted octanol–water partition coefficient (Wildman–Crippen LogP) is 0.968. The van der Waals surface area contributed by atoms with E-state index in [0.717, 1.165) is 13.0 Å². The first-order valence-electron chi connectivity index (χ1n) is 1.89. The van der Waals surface area contributed by atoms with Gasteiger partial charge in [0, 0.05) is 13.7 Å². The lowest BCUT2D eigenvalue weighted by atomic mass is 10.5. The highest BCUT2D eigenvalue weighted by Crippen LogP contribution is 1.73. The van der Waals surface area contributed by atoms with Gasteiger partial charge in [-0.25, -0.2) is 0 Å². The maximum absolute atomic E-state index is 4.72. The first-order chi connectivity index (χ1) is 2.91. The van der Waals surface area contributed by atoms with Gasteiger partial charge in [-0.1, -0.05) is 5.80 Å². The van der Waals surface area contributed by atoms with E-state index < -0.39 is 0 Å². The van der Waals surface area contributed by atoms with E-state index in [2.05, 4.69) is 8.86 Å². The molecule has 0 saturated carbocycles. The SMILES string of the molecule is COCCC=P. The molecule has 0 radical (unpaired) electrons. The van der Waals surface area contributed by atoms with Gasteiger partial charge in [-0.15, -0.1) is 8.86 Å². The van der Waals surface area contributed by atoms with Crippen LogP contribution in [-0.2, 0) is 4.74 Å². The van der Waals surface area contributed by atoms with Crippen molar-refractivity contribution >= 4 is 14.7 Å². The first-order valence-corrected chi connectivity index (χ1v) is 2.47. The largest absolute Gasteiger partial charge is 0.384 e. The van der Waals surface area contributed by atoms with Gasteiger partial charge in [0.2, 0.25) is 0 Å². The monoisotopic (exact) mass is 104 g/mol. The summed E-state index contributed by atoms with van der Waals surface area (Å²) in [5.74, 6) is 1.89. The fourth-order valence-corrected chi connectivity index (χ4v) is 0.295. The van der Waals surface area contributed by atoms with Gasteiger partial charge in [0.25, 0.3) is 0 Å². The summed E-state index contributed by atoms with van der Waals surface area (Å²) in [6.07, 6.45) is 0.980. The smallest absolute Gasteiger partial charge is 0.0500 e. The molecule has 0 rings (SSSR count). The van der Waals surface area contributed by atoms with E-state index in [1.54, 1.807) is 7.11 Å². The van der Waals surface area contributed by atoms with Gasteiger partial charge < -0.3 is 4.74 Å². The number of rotatable bonds is 3. The lowest BCUT2D eigenvalue weighted by Crippen LogP contribution is -1.85. The van der Waals surface area contributed by atoms with Crippen molar-refractivity contribution in [3.8, 4) is 0 Å². The molecule has 0 fully saturated rings. The van der Waals surface area contributed by atoms with Crippen LogP contribution in [0.1, 0.15) is 6.42 Å². The van der Waals surface area contributed by atoms with Gasteiger partial charge in [0.1, 0.15) is 0 Å². The number of ether oxygens (including phenoxy) is 1. The van der Waals surface area contributed by atoms with Crippen LogP contribution in [0.15, 0.2) is 0 Å². The van der Waals surface area contributed by atoms with E-state index >= 15 is 0 Å². The Kier molecular flexibility index (Phi) is 5.24. The van der Waals surface area contributed by atoms with Gasteiger partial charge in [0.05, 0.1) is 0 Å². The van der Waals surface area contributed by atoms with Crippen LogP contribution in [0.4, 0.5) is 0 Å². The Balaban J connectivity index is 2.49. The Bertz CT molecular complexity index is 36.5. The van der Waals surface area contributed by atoms with E-state index in [0.29, 0.717) is 0 Å². The summed E-state index contributed by atoms with van der Waals surface area (Å²) in [5.41, 5.74) is 0. The van der Waals surface area contributed by atoms with Crippen molar-refractivity contribution in [3.63, 3.8) is 0 Å².